The second kappa shape index (κ2) is 5.17. The van der Waals surface area contributed by atoms with Gasteiger partial charge >= 0.3 is 0 Å². The van der Waals surface area contributed by atoms with Crippen LogP contribution >= 0.6 is 11.6 Å². The zero-order valence-corrected chi connectivity index (χ0v) is 7.85. The lowest BCUT2D eigenvalue weighted by molar-refractivity contribution is 0.128. The number of hydrogen-bond acceptors (Lipinski definition) is 2. The average molecular weight is 204 g/mol. The van der Waals surface area contributed by atoms with Crippen molar-refractivity contribution >= 4 is 11.6 Å². The van der Waals surface area contributed by atoms with Gasteiger partial charge in [-0.05, 0) is 17.7 Å². The van der Waals surface area contributed by atoms with Gasteiger partial charge in [0, 0.05) is 6.54 Å². The molecule has 1 aromatic carbocycles. The Morgan fingerprint density at radius 1 is 1.46 bits per heavy atom. The highest BCUT2D eigenvalue weighted by atomic mass is 35.5. The molecule has 0 saturated carbocycles. The van der Waals surface area contributed by atoms with Crippen molar-refractivity contribution in [1.82, 2.24) is 0 Å². The Kier molecular flexibility index (Phi) is 4.15. The first-order valence-corrected chi connectivity index (χ1v) is 4.33. The molecule has 4 heteroatoms. The number of hydrogen-bond donors (Lipinski definition) is 1. The molecule has 0 atom stereocenters. The highest BCUT2D eigenvalue weighted by molar-refractivity contribution is 6.30. The van der Waals surface area contributed by atoms with E-state index in [1.165, 1.54) is 12.1 Å². The number of nitrogens with two attached hydrogens (primary N) is 1. The van der Waals surface area contributed by atoms with Crippen molar-refractivity contribution in [1.29, 1.82) is 0 Å². The SMILES string of the molecule is NCCOCc1ccc(Cl)c(F)c1. The molecule has 0 heterocycles. The summed E-state index contributed by atoms with van der Waals surface area (Å²) in [5.41, 5.74) is 5.99. The maximum Gasteiger partial charge on any atom is 0.142 e. The highest BCUT2D eigenvalue weighted by Gasteiger charge is 2.00. The standard InChI is InChI=1S/C9H11ClFNO/c10-8-2-1-7(5-9(8)11)6-13-4-3-12/h1-2,5H,3-4,6,12H2. The summed E-state index contributed by atoms with van der Waals surface area (Å²) in [7, 11) is 0. The molecule has 72 valence electrons. The van der Waals surface area contributed by atoms with Crippen molar-refractivity contribution in [2.24, 2.45) is 5.73 Å². The maximum atomic E-state index is 12.9. The fourth-order valence-electron chi connectivity index (χ4n) is 0.903. The monoisotopic (exact) mass is 203 g/mol. The van der Waals surface area contributed by atoms with Crippen molar-refractivity contribution in [2.45, 2.75) is 6.61 Å². The van der Waals surface area contributed by atoms with Gasteiger partial charge in [-0.3, -0.25) is 0 Å². The van der Waals surface area contributed by atoms with Crippen LogP contribution in [0.4, 0.5) is 4.39 Å². The molecule has 13 heavy (non-hydrogen) atoms. The number of ether oxygens (including phenoxy) is 1. The molecule has 0 radical (unpaired) electrons. The first-order valence-electron chi connectivity index (χ1n) is 3.96. The van der Waals surface area contributed by atoms with E-state index in [2.05, 4.69) is 0 Å². The molecule has 0 fully saturated rings. The minimum Gasteiger partial charge on any atom is -0.375 e. The van der Waals surface area contributed by atoms with Crippen LogP contribution in [0.3, 0.4) is 0 Å². The van der Waals surface area contributed by atoms with Crippen molar-refractivity contribution in [3.8, 4) is 0 Å². The van der Waals surface area contributed by atoms with E-state index in [0.717, 1.165) is 5.56 Å². The van der Waals surface area contributed by atoms with E-state index in [1.54, 1.807) is 6.07 Å². The lowest BCUT2D eigenvalue weighted by atomic mass is 10.2. The highest BCUT2D eigenvalue weighted by Crippen LogP contribution is 2.15. The molecule has 0 spiro atoms. The molecule has 0 unspecified atom stereocenters. The van der Waals surface area contributed by atoms with E-state index in [-0.39, 0.29) is 5.02 Å². The molecule has 0 aliphatic rings. The van der Waals surface area contributed by atoms with Crippen molar-refractivity contribution in [3.63, 3.8) is 0 Å². The van der Waals surface area contributed by atoms with Crippen LogP contribution in [0, 0.1) is 5.82 Å². The summed E-state index contributed by atoms with van der Waals surface area (Å²) in [6.45, 7) is 1.31. The minimum absolute atomic E-state index is 0.127. The Morgan fingerprint density at radius 3 is 2.85 bits per heavy atom. The van der Waals surface area contributed by atoms with E-state index in [1.807, 2.05) is 0 Å². The predicted octanol–water partition coefficient (Wildman–Crippen LogP) is 1.95. The second-order valence-electron chi connectivity index (χ2n) is 2.59. The fourth-order valence-corrected chi connectivity index (χ4v) is 1.02. The summed E-state index contributed by atoms with van der Waals surface area (Å²) in [6, 6.07) is 4.60. The van der Waals surface area contributed by atoms with Crippen molar-refractivity contribution in [2.75, 3.05) is 13.2 Å². The number of benzene rings is 1. The van der Waals surface area contributed by atoms with E-state index in [0.29, 0.717) is 19.8 Å². The van der Waals surface area contributed by atoms with Crippen LogP contribution in [-0.4, -0.2) is 13.2 Å². The minimum atomic E-state index is -0.421. The fraction of sp³-hybridized carbons (Fsp3) is 0.333. The Bertz CT molecular complexity index is 280. The zero-order chi connectivity index (χ0) is 9.68. The van der Waals surface area contributed by atoms with E-state index in [4.69, 9.17) is 22.1 Å². The lowest BCUT2D eigenvalue weighted by Crippen LogP contribution is -2.08. The Morgan fingerprint density at radius 2 is 2.23 bits per heavy atom. The molecule has 2 N–H and O–H groups in total. The van der Waals surface area contributed by atoms with Crippen LogP contribution in [-0.2, 0) is 11.3 Å². The molecule has 0 aromatic heterocycles. The predicted molar refractivity (Wildman–Crippen MR) is 50.1 cm³/mol. The van der Waals surface area contributed by atoms with Crippen LogP contribution in [0.5, 0.6) is 0 Å². The molecular weight excluding hydrogens is 193 g/mol. The summed E-state index contributed by atoms with van der Waals surface area (Å²) in [6.07, 6.45) is 0. The summed E-state index contributed by atoms with van der Waals surface area (Å²) < 4.78 is 18.0. The van der Waals surface area contributed by atoms with Gasteiger partial charge in [0.15, 0.2) is 0 Å². The van der Waals surface area contributed by atoms with Crippen LogP contribution in [0.25, 0.3) is 0 Å². The molecular formula is C9H11ClFNO. The molecule has 0 aliphatic carbocycles. The maximum absolute atomic E-state index is 12.9. The van der Waals surface area contributed by atoms with Crippen LogP contribution < -0.4 is 5.73 Å². The third-order valence-electron chi connectivity index (χ3n) is 1.51. The molecule has 1 aromatic rings. The van der Waals surface area contributed by atoms with Gasteiger partial charge < -0.3 is 10.5 Å². The van der Waals surface area contributed by atoms with Gasteiger partial charge in [0.25, 0.3) is 0 Å². The van der Waals surface area contributed by atoms with Crippen LogP contribution in [0.2, 0.25) is 5.02 Å². The normalized spacial score (nSPS) is 10.4. The number of halogens is 2. The molecule has 0 bridgehead atoms. The Hall–Kier alpha value is -0.640. The lowest BCUT2D eigenvalue weighted by Gasteiger charge is -2.03. The van der Waals surface area contributed by atoms with Gasteiger partial charge in [0.2, 0.25) is 0 Å². The topological polar surface area (TPSA) is 35.2 Å². The Balaban J connectivity index is 2.53. The first-order chi connectivity index (χ1) is 6.24. The average Bonchev–Trinajstić information content (AvgIpc) is 2.12. The largest absolute Gasteiger partial charge is 0.375 e. The van der Waals surface area contributed by atoms with Gasteiger partial charge in [0.05, 0.1) is 18.2 Å². The van der Waals surface area contributed by atoms with Gasteiger partial charge in [0.1, 0.15) is 5.82 Å². The summed E-state index contributed by atoms with van der Waals surface area (Å²) in [5.74, 6) is -0.421. The van der Waals surface area contributed by atoms with E-state index < -0.39 is 5.82 Å². The summed E-state index contributed by atoms with van der Waals surface area (Å²) in [4.78, 5) is 0. The summed E-state index contributed by atoms with van der Waals surface area (Å²) in [5, 5.41) is 0.127. The third kappa shape index (κ3) is 3.30. The van der Waals surface area contributed by atoms with Crippen LogP contribution in [0.1, 0.15) is 5.56 Å². The molecule has 1 rings (SSSR count). The third-order valence-corrected chi connectivity index (χ3v) is 1.82. The number of rotatable bonds is 4. The zero-order valence-electron chi connectivity index (χ0n) is 7.09. The van der Waals surface area contributed by atoms with Crippen molar-refractivity contribution in [3.05, 3.63) is 34.6 Å². The Labute approximate surface area is 81.4 Å². The summed E-state index contributed by atoms with van der Waals surface area (Å²) >= 11 is 5.51. The molecule has 0 saturated heterocycles. The van der Waals surface area contributed by atoms with E-state index in [9.17, 15) is 4.39 Å². The smallest absolute Gasteiger partial charge is 0.142 e. The van der Waals surface area contributed by atoms with Crippen LogP contribution in [0.15, 0.2) is 18.2 Å². The van der Waals surface area contributed by atoms with Crippen molar-refractivity contribution < 1.29 is 9.13 Å². The van der Waals surface area contributed by atoms with Gasteiger partial charge in [-0.1, -0.05) is 17.7 Å². The van der Waals surface area contributed by atoms with Gasteiger partial charge in [-0.2, -0.15) is 0 Å². The van der Waals surface area contributed by atoms with Gasteiger partial charge in [-0.15, -0.1) is 0 Å². The van der Waals surface area contributed by atoms with E-state index >= 15 is 0 Å². The molecule has 0 amide bonds. The quantitative estimate of drug-likeness (QED) is 0.760. The first kappa shape index (κ1) is 10.4. The van der Waals surface area contributed by atoms with Gasteiger partial charge in [-0.25, -0.2) is 4.39 Å². The second-order valence-corrected chi connectivity index (χ2v) is 3.00. The molecule has 0 aliphatic heterocycles. The molecule has 2 nitrogen and oxygen atoms in total.